The molecule has 2 rings (SSSR count). The minimum atomic E-state index is -0.928. The molecule has 4 nitrogen and oxygen atoms in total. The Hall–Kier alpha value is -2.80. The van der Waals surface area contributed by atoms with Crippen molar-refractivity contribution < 1.29 is 9.90 Å². The highest BCUT2D eigenvalue weighted by Gasteiger charge is 2.10. The molecule has 0 aliphatic rings. The monoisotopic (exact) mass is 266 g/mol. The van der Waals surface area contributed by atoms with Crippen molar-refractivity contribution in [1.29, 1.82) is 5.26 Å². The van der Waals surface area contributed by atoms with Crippen molar-refractivity contribution in [2.45, 2.75) is 6.92 Å². The lowest BCUT2D eigenvalue weighted by Crippen LogP contribution is -2.10. The van der Waals surface area contributed by atoms with Crippen molar-refractivity contribution in [3.63, 3.8) is 0 Å². The van der Waals surface area contributed by atoms with Crippen LogP contribution in [0.4, 0.5) is 11.4 Å². The van der Waals surface area contributed by atoms with Crippen LogP contribution in [0.15, 0.2) is 42.5 Å². The molecule has 100 valence electrons. The van der Waals surface area contributed by atoms with Crippen LogP contribution in [0.3, 0.4) is 0 Å². The van der Waals surface area contributed by atoms with Gasteiger partial charge in [-0.3, -0.25) is 0 Å². The summed E-state index contributed by atoms with van der Waals surface area (Å²) in [4.78, 5) is 12.9. The van der Waals surface area contributed by atoms with Gasteiger partial charge in [0.05, 0.1) is 17.2 Å². The lowest BCUT2D eigenvalue weighted by molar-refractivity contribution is 0.0696. The van der Waals surface area contributed by atoms with Crippen molar-refractivity contribution in [2.75, 3.05) is 11.9 Å². The number of carboxylic acid groups (broad SMARTS) is 1. The van der Waals surface area contributed by atoms with Crippen LogP contribution < -0.4 is 4.90 Å². The normalized spacial score (nSPS) is 9.85. The molecule has 20 heavy (non-hydrogen) atoms. The van der Waals surface area contributed by atoms with Crippen LogP contribution in [-0.4, -0.2) is 18.1 Å². The molecule has 0 unspecified atom stereocenters. The van der Waals surface area contributed by atoms with Crippen LogP contribution in [0.5, 0.6) is 0 Å². The van der Waals surface area contributed by atoms with E-state index in [2.05, 4.69) is 6.07 Å². The summed E-state index contributed by atoms with van der Waals surface area (Å²) in [6.07, 6.45) is 0. The van der Waals surface area contributed by atoms with E-state index in [0.717, 1.165) is 11.4 Å². The Morgan fingerprint density at radius 2 is 1.90 bits per heavy atom. The number of hydrogen-bond donors (Lipinski definition) is 1. The van der Waals surface area contributed by atoms with Gasteiger partial charge in [0.1, 0.15) is 0 Å². The summed E-state index contributed by atoms with van der Waals surface area (Å²) in [6, 6.07) is 14.5. The quantitative estimate of drug-likeness (QED) is 0.925. The summed E-state index contributed by atoms with van der Waals surface area (Å²) in [5.41, 5.74) is 3.36. The van der Waals surface area contributed by atoms with Crippen molar-refractivity contribution in [2.24, 2.45) is 0 Å². The predicted molar refractivity (Wildman–Crippen MR) is 77.4 cm³/mol. The van der Waals surface area contributed by atoms with Crippen LogP contribution in [0.1, 0.15) is 21.5 Å². The SMILES string of the molecule is Cc1cc(N(C)c2cccc(C#N)c2)ccc1C(=O)O. The Balaban J connectivity index is 2.38. The van der Waals surface area contributed by atoms with Gasteiger partial charge in [-0.2, -0.15) is 5.26 Å². The first-order chi connectivity index (χ1) is 9.52. The topological polar surface area (TPSA) is 64.3 Å². The predicted octanol–water partition coefficient (Wildman–Crippen LogP) is 3.33. The third-order valence-electron chi connectivity index (χ3n) is 3.19. The maximum absolute atomic E-state index is 11.0. The molecule has 0 saturated carbocycles. The van der Waals surface area contributed by atoms with Crippen LogP contribution in [0.2, 0.25) is 0 Å². The Morgan fingerprint density at radius 3 is 2.50 bits per heavy atom. The molecule has 0 spiro atoms. The molecule has 0 heterocycles. The summed E-state index contributed by atoms with van der Waals surface area (Å²) in [5, 5.41) is 18.0. The van der Waals surface area contributed by atoms with Crippen molar-refractivity contribution in [3.8, 4) is 6.07 Å². The molecule has 0 radical (unpaired) electrons. The van der Waals surface area contributed by atoms with E-state index in [0.29, 0.717) is 16.7 Å². The van der Waals surface area contributed by atoms with E-state index in [4.69, 9.17) is 10.4 Å². The van der Waals surface area contributed by atoms with Crippen LogP contribution in [0, 0.1) is 18.3 Å². The van der Waals surface area contributed by atoms with Gasteiger partial charge in [-0.1, -0.05) is 6.07 Å². The largest absolute Gasteiger partial charge is 0.478 e. The molecule has 0 bridgehead atoms. The Morgan fingerprint density at radius 1 is 1.20 bits per heavy atom. The molecular formula is C16H14N2O2. The minimum absolute atomic E-state index is 0.299. The van der Waals surface area contributed by atoms with E-state index >= 15 is 0 Å². The van der Waals surface area contributed by atoms with E-state index in [1.807, 2.05) is 30.1 Å². The zero-order valence-corrected chi connectivity index (χ0v) is 11.3. The summed E-state index contributed by atoms with van der Waals surface area (Å²) in [5.74, 6) is -0.928. The third kappa shape index (κ3) is 2.62. The Labute approximate surface area is 117 Å². The molecule has 0 atom stereocenters. The number of nitrogens with zero attached hydrogens (tertiary/aromatic N) is 2. The maximum atomic E-state index is 11.0. The Kier molecular flexibility index (Phi) is 3.72. The highest BCUT2D eigenvalue weighted by Crippen LogP contribution is 2.26. The van der Waals surface area contributed by atoms with Crippen molar-refractivity contribution in [1.82, 2.24) is 0 Å². The van der Waals surface area contributed by atoms with Gasteiger partial charge in [0.25, 0.3) is 0 Å². The molecule has 0 fully saturated rings. The fourth-order valence-electron chi connectivity index (χ4n) is 2.03. The molecule has 1 N–H and O–H groups in total. The van der Waals surface area contributed by atoms with Crippen LogP contribution >= 0.6 is 0 Å². The first-order valence-corrected chi connectivity index (χ1v) is 6.11. The van der Waals surface area contributed by atoms with E-state index in [1.165, 1.54) is 0 Å². The van der Waals surface area contributed by atoms with Crippen LogP contribution in [-0.2, 0) is 0 Å². The van der Waals surface area contributed by atoms with E-state index < -0.39 is 5.97 Å². The molecule has 2 aromatic carbocycles. The summed E-state index contributed by atoms with van der Waals surface area (Å²) < 4.78 is 0. The fraction of sp³-hybridized carbons (Fsp3) is 0.125. The first-order valence-electron chi connectivity index (χ1n) is 6.11. The number of anilines is 2. The number of nitriles is 1. The molecule has 0 amide bonds. The fourth-order valence-corrected chi connectivity index (χ4v) is 2.03. The van der Waals surface area contributed by atoms with E-state index in [1.54, 1.807) is 31.2 Å². The number of benzene rings is 2. The lowest BCUT2D eigenvalue weighted by atomic mass is 10.1. The van der Waals surface area contributed by atoms with Gasteiger partial charge in [-0.05, 0) is 48.9 Å². The zero-order valence-electron chi connectivity index (χ0n) is 11.3. The van der Waals surface area contributed by atoms with Gasteiger partial charge >= 0.3 is 5.97 Å². The highest BCUT2D eigenvalue weighted by atomic mass is 16.4. The number of aromatic carboxylic acids is 1. The van der Waals surface area contributed by atoms with Gasteiger partial charge in [0, 0.05) is 18.4 Å². The molecule has 0 saturated heterocycles. The number of rotatable bonds is 3. The van der Waals surface area contributed by atoms with E-state index in [-0.39, 0.29) is 0 Å². The summed E-state index contributed by atoms with van der Waals surface area (Å²) in [7, 11) is 1.88. The van der Waals surface area contributed by atoms with Gasteiger partial charge < -0.3 is 10.0 Å². The van der Waals surface area contributed by atoms with E-state index in [9.17, 15) is 4.79 Å². The lowest BCUT2D eigenvalue weighted by Gasteiger charge is -2.20. The molecule has 0 aromatic heterocycles. The van der Waals surface area contributed by atoms with Gasteiger partial charge in [-0.15, -0.1) is 0 Å². The van der Waals surface area contributed by atoms with Gasteiger partial charge in [0.15, 0.2) is 0 Å². The number of hydrogen-bond acceptors (Lipinski definition) is 3. The van der Waals surface area contributed by atoms with Crippen LogP contribution in [0.25, 0.3) is 0 Å². The second-order valence-corrected chi connectivity index (χ2v) is 4.53. The number of carboxylic acids is 1. The van der Waals surface area contributed by atoms with Gasteiger partial charge in [-0.25, -0.2) is 4.79 Å². The number of aryl methyl sites for hydroxylation is 1. The second kappa shape index (κ2) is 5.45. The standard InChI is InChI=1S/C16H14N2O2/c1-11-8-14(6-7-15(11)16(19)20)18(2)13-5-3-4-12(9-13)10-17/h3-9H,1-2H3,(H,19,20). The maximum Gasteiger partial charge on any atom is 0.335 e. The first kappa shape index (κ1) is 13.6. The average molecular weight is 266 g/mol. The molecule has 4 heteroatoms. The second-order valence-electron chi connectivity index (χ2n) is 4.53. The minimum Gasteiger partial charge on any atom is -0.478 e. The smallest absolute Gasteiger partial charge is 0.335 e. The summed E-state index contributed by atoms with van der Waals surface area (Å²) in [6.45, 7) is 1.77. The molecule has 2 aromatic rings. The van der Waals surface area contributed by atoms with Crippen molar-refractivity contribution >= 4 is 17.3 Å². The zero-order chi connectivity index (χ0) is 14.7. The molecule has 0 aliphatic heterocycles. The Bertz CT molecular complexity index is 702. The highest BCUT2D eigenvalue weighted by molar-refractivity contribution is 5.90. The number of carbonyl (C=O) groups is 1. The molecule has 0 aliphatic carbocycles. The third-order valence-corrected chi connectivity index (χ3v) is 3.19. The average Bonchev–Trinajstić information content (AvgIpc) is 2.46. The van der Waals surface area contributed by atoms with Gasteiger partial charge in [0.2, 0.25) is 0 Å². The van der Waals surface area contributed by atoms with Crippen molar-refractivity contribution in [3.05, 3.63) is 59.2 Å². The summed E-state index contributed by atoms with van der Waals surface area (Å²) >= 11 is 0. The molecular weight excluding hydrogens is 252 g/mol.